The Labute approximate surface area is 249 Å². The van der Waals surface area contributed by atoms with Crippen LogP contribution in [0.4, 0.5) is 9.59 Å². The van der Waals surface area contributed by atoms with Crippen molar-refractivity contribution in [2.45, 2.75) is 44.8 Å². The second-order valence-corrected chi connectivity index (χ2v) is 11.3. The third kappa shape index (κ3) is 5.99. The highest BCUT2D eigenvalue weighted by atomic mass is 16.6. The highest BCUT2D eigenvalue weighted by Gasteiger charge is 2.31. The van der Waals surface area contributed by atoms with Crippen LogP contribution in [0.15, 0.2) is 66.9 Å². The van der Waals surface area contributed by atoms with E-state index in [2.05, 4.69) is 5.32 Å². The van der Waals surface area contributed by atoms with Crippen LogP contribution in [-0.2, 0) is 20.7 Å². The van der Waals surface area contributed by atoms with E-state index in [-0.39, 0.29) is 18.9 Å². The molecule has 1 aromatic heterocycles. The summed E-state index contributed by atoms with van der Waals surface area (Å²) in [5.41, 5.74) is 4.42. The summed E-state index contributed by atoms with van der Waals surface area (Å²) in [6.45, 7) is 5.29. The number of alkyl carbamates (subject to hydrolysis) is 1. The molecule has 4 aromatic rings. The molecule has 1 aliphatic rings. The van der Waals surface area contributed by atoms with Crippen molar-refractivity contribution < 1.29 is 38.4 Å². The van der Waals surface area contributed by atoms with Gasteiger partial charge in [0.1, 0.15) is 18.2 Å². The lowest BCUT2D eigenvalue weighted by Gasteiger charge is -2.20. The number of hydrogen-bond acceptors (Lipinski definition) is 7. The molecule has 5 rings (SSSR count). The number of carbonyl (C=O) groups excluding carboxylic acids is 2. The van der Waals surface area contributed by atoms with Crippen LogP contribution in [0.1, 0.15) is 43.4 Å². The minimum atomic E-state index is -1.35. The van der Waals surface area contributed by atoms with E-state index >= 15 is 0 Å². The van der Waals surface area contributed by atoms with E-state index in [9.17, 15) is 19.5 Å². The van der Waals surface area contributed by atoms with Crippen molar-refractivity contribution >= 4 is 29.1 Å². The molecule has 0 radical (unpaired) electrons. The van der Waals surface area contributed by atoms with Crippen LogP contribution in [0, 0.1) is 0 Å². The van der Waals surface area contributed by atoms with Gasteiger partial charge < -0.3 is 29.4 Å². The zero-order valence-corrected chi connectivity index (χ0v) is 24.7. The standard InChI is InChI=1S/C33H34N2O8/c1-33(2,3)43-32(39)35-17-19(24-15-28(40-4)29(41-5)16-27(24)35)14-26(30(36)37)34-31(38)42-18-25-22-12-8-6-10-20(22)21-11-7-9-13-23(21)25/h6-13,15-17,25-26H,14,18H2,1-5H3,(H,34,38)(H,36,37)/t26-/m0/s1. The van der Waals surface area contributed by atoms with Crippen LogP contribution in [0.3, 0.4) is 0 Å². The Morgan fingerprint density at radius 1 is 0.930 bits per heavy atom. The molecule has 0 spiro atoms. The van der Waals surface area contributed by atoms with Crippen LogP contribution >= 0.6 is 0 Å². The Morgan fingerprint density at radius 2 is 1.51 bits per heavy atom. The summed E-state index contributed by atoms with van der Waals surface area (Å²) in [7, 11) is 2.96. The smallest absolute Gasteiger partial charge is 0.419 e. The number of carbonyl (C=O) groups is 3. The molecule has 1 heterocycles. The molecular formula is C33H34N2O8. The van der Waals surface area contributed by atoms with Gasteiger partial charge in [-0.2, -0.15) is 0 Å². The predicted molar refractivity (Wildman–Crippen MR) is 160 cm³/mol. The third-order valence-corrected chi connectivity index (χ3v) is 7.34. The number of ether oxygens (including phenoxy) is 4. The summed E-state index contributed by atoms with van der Waals surface area (Å²) < 4.78 is 23.3. The van der Waals surface area contributed by atoms with E-state index in [1.54, 1.807) is 32.9 Å². The van der Waals surface area contributed by atoms with E-state index in [0.29, 0.717) is 28.0 Å². The topological polar surface area (TPSA) is 125 Å². The number of amides is 1. The molecule has 1 atom stereocenters. The molecule has 10 heteroatoms. The summed E-state index contributed by atoms with van der Waals surface area (Å²) in [6.07, 6.45) is -0.134. The minimum Gasteiger partial charge on any atom is -0.493 e. The number of aromatic nitrogens is 1. The molecule has 0 aliphatic heterocycles. The number of nitrogens with one attached hydrogen (secondary N) is 1. The van der Waals surface area contributed by atoms with Crippen molar-refractivity contribution in [3.05, 3.63) is 83.6 Å². The number of methoxy groups -OCH3 is 2. The molecule has 10 nitrogen and oxygen atoms in total. The van der Waals surface area contributed by atoms with Gasteiger partial charge in [0.05, 0.1) is 19.7 Å². The fourth-order valence-electron chi connectivity index (χ4n) is 5.45. The van der Waals surface area contributed by atoms with E-state index < -0.39 is 29.8 Å². The lowest BCUT2D eigenvalue weighted by Crippen LogP contribution is -2.42. The summed E-state index contributed by atoms with van der Waals surface area (Å²) in [6, 6.07) is 17.8. The van der Waals surface area contributed by atoms with Gasteiger partial charge in [-0.3, -0.25) is 4.57 Å². The maximum atomic E-state index is 13.1. The molecule has 3 aromatic carbocycles. The number of nitrogens with zero attached hydrogens (tertiary/aromatic N) is 1. The van der Waals surface area contributed by atoms with Crippen molar-refractivity contribution in [1.82, 2.24) is 9.88 Å². The number of carboxylic acids is 1. The highest BCUT2D eigenvalue weighted by molar-refractivity contribution is 5.95. The van der Waals surface area contributed by atoms with Crippen molar-refractivity contribution in [2.24, 2.45) is 0 Å². The van der Waals surface area contributed by atoms with Crippen molar-refractivity contribution in [3.63, 3.8) is 0 Å². The van der Waals surface area contributed by atoms with Gasteiger partial charge in [0, 0.05) is 30.0 Å². The van der Waals surface area contributed by atoms with Gasteiger partial charge in [-0.25, -0.2) is 14.4 Å². The zero-order chi connectivity index (χ0) is 30.9. The average Bonchev–Trinajstić information content (AvgIpc) is 3.49. The second kappa shape index (κ2) is 11.7. The SMILES string of the molecule is COc1cc2c(C[C@H](NC(=O)OCC3c4ccccc4-c4ccccc43)C(=O)O)cn(C(=O)OC(C)(C)C)c2cc1OC. The minimum absolute atomic E-state index is 0.0428. The number of benzene rings is 3. The van der Waals surface area contributed by atoms with Crippen LogP contribution in [0.5, 0.6) is 11.5 Å². The molecule has 224 valence electrons. The second-order valence-electron chi connectivity index (χ2n) is 11.3. The zero-order valence-electron chi connectivity index (χ0n) is 24.7. The van der Waals surface area contributed by atoms with E-state index in [1.165, 1.54) is 25.0 Å². The first kappa shape index (κ1) is 29.5. The first-order chi connectivity index (χ1) is 20.5. The predicted octanol–water partition coefficient (Wildman–Crippen LogP) is 5.98. The number of hydrogen-bond donors (Lipinski definition) is 2. The number of fused-ring (bicyclic) bond motifs is 4. The Hall–Kier alpha value is -4.99. The van der Waals surface area contributed by atoms with Gasteiger partial charge in [0.25, 0.3) is 0 Å². The Morgan fingerprint density at radius 3 is 2.07 bits per heavy atom. The van der Waals surface area contributed by atoms with Gasteiger partial charge in [-0.1, -0.05) is 48.5 Å². The molecular weight excluding hydrogens is 552 g/mol. The molecule has 0 unspecified atom stereocenters. The molecule has 0 bridgehead atoms. The molecule has 0 saturated carbocycles. The molecule has 0 fully saturated rings. The Balaban J connectivity index is 1.38. The fourth-order valence-corrected chi connectivity index (χ4v) is 5.45. The van der Waals surface area contributed by atoms with E-state index in [0.717, 1.165) is 22.3 Å². The Bertz CT molecular complexity index is 1660. The summed E-state index contributed by atoms with van der Waals surface area (Å²) in [5.74, 6) is -0.645. The summed E-state index contributed by atoms with van der Waals surface area (Å²) in [4.78, 5) is 38.3. The largest absolute Gasteiger partial charge is 0.493 e. The monoisotopic (exact) mass is 586 g/mol. The highest BCUT2D eigenvalue weighted by Crippen LogP contribution is 2.44. The average molecular weight is 587 g/mol. The quantitative estimate of drug-likeness (QED) is 0.259. The van der Waals surface area contributed by atoms with Crippen LogP contribution in [-0.4, -0.2) is 60.3 Å². The van der Waals surface area contributed by atoms with E-state index in [1.807, 2.05) is 48.5 Å². The summed E-state index contributed by atoms with van der Waals surface area (Å²) >= 11 is 0. The van der Waals surface area contributed by atoms with Crippen LogP contribution in [0.2, 0.25) is 0 Å². The van der Waals surface area contributed by atoms with Gasteiger partial charge in [0.15, 0.2) is 11.5 Å². The molecule has 1 amide bonds. The normalized spacial score (nSPS) is 13.1. The van der Waals surface area contributed by atoms with Gasteiger partial charge >= 0.3 is 18.2 Å². The molecule has 1 aliphatic carbocycles. The number of rotatable bonds is 8. The first-order valence-corrected chi connectivity index (χ1v) is 13.8. The summed E-state index contributed by atoms with van der Waals surface area (Å²) in [5, 5.41) is 13.1. The lowest BCUT2D eigenvalue weighted by atomic mass is 9.98. The number of aliphatic carboxylic acids is 1. The van der Waals surface area contributed by atoms with Gasteiger partial charge in [-0.15, -0.1) is 0 Å². The Kier molecular flexibility index (Phi) is 8.04. The maximum Gasteiger partial charge on any atom is 0.419 e. The first-order valence-electron chi connectivity index (χ1n) is 13.8. The number of carboxylic acid groups (broad SMARTS) is 1. The van der Waals surface area contributed by atoms with Gasteiger partial charge in [-0.05, 0) is 54.7 Å². The van der Waals surface area contributed by atoms with Crippen molar-refractivity contribution in [2.75, 3.05) is 20.8 Å². The molecule has 0 saturated heterocycles. The van der Waals surface area contributed by atoms with E-state index in [4.69, 9.17) is 18.9 Å². The maximum absolute atomic E-state index is 13.1. The molecule has 2 N–H and O–H groups in total. The van der Waals surface area contributed by atoms with Crippen molar-refractivity contribution in [1.29, 1.82) is 0 Å². The molecule has 43 heavy (non-hydrogen) atoms. The fraction of sp³-hybridized carbons (Fsp3) is 0.303. The van der Waals surface area contributed by atoms with Crippen LogP contribution in [0.25, 0.3) is 22.0 Å². The van der Waals surface area contributed by atoms with Crippen LogP contribution < -0.4 is 14.8 Å². The third-order valence-electron chi connectivity index (χ3n) is 7.34. The lowest BCUT2D eigenvalue weighted by molar-refractivity contribution is -0.139. The van der Waals surface area contributed by atoms with Gasteiger partial charge in [0.2, 0.25) is 0 Å². The van der Waals surface area contributed by atoms with Crippen molar-refractivity contribution in [3.8, 4) is 22.6 Å².